The van der Waals surface area contributed by atoms with Gasteiger partial charge >= 0.3 is 23.9 Å². The van der Waals surface area contributed by atoms with E-state index in [2.05, 4.69) is 6.58 Å². The molecule has 0 N–H and O–H groups in total. The first-order valence-corrected chi connectivity index (χ1v) is 17.6. The number of benzene rings is 2. The van der Waals surface area contributed by atoms with Crippen molar-refractivity contribution in [3.8, 4) is 30.6 Å². The van der Waals surface area contributed by atoms with Crippen molar-refractivity contribution in [2.24, 2.45) is 0 Å². The molecule has 0 aliphatic rings. The fourth-order valence-corrected chi connectivity index (χ4v) is 6.77. The average Bonchev–Trinajstić information content (AvgIpc) is 3.81. The molecule has 0 unspecified atom stereocenters. The highest BCUT2D eigenvalue weighted by Gasteiger charge is 2.19. The molecule has 0 fully saturated rings. The molecule has 0 radical (unpaired) electrons. The van der Waals surface area contributed by atoms with E-state index < -0.39 is 23.9 Å². The molecule has 0 saturated heterocycles. The van der Waals surface area contributed by atoms with Gasteiger partial charge in [-0.2, -0.15) is 0 Å². The number of allylic oxidation sites excluding steroid dienone is 1. The predicted octanol–water partition coefficient (Wildman–Crippen LogP) is 9.63. The van der Waals surface area contributed by atoms with E-state index in [-0.39, 0.29) is 35.5 Å². The topological polar surface area (TPSA) is 105 Å². The predicted molar refractivity (Wildman–Crippen MR) is 190 cm³/mol. The molecule has 2 aromatic carbocycles. The molecule has 2 heterocycles. The smallest absolute Gasteiger partial charge is 0.338 e. The van der Waals surface area contributed by atoms with Gasteiger partial charge in [0, 0.05) is 19.5 Å². The van der Waals surface area contributed by atoms with E-state index in [0.29, 0.717) is 24.2 Å². The summed E-state index contributed by atoms with van der Waals surface area (Å²) < 4.78 is 21.2. The molecule has 10 heteroatoms. The summed E-state index contributed by atoms with van der Waals surface area (Å²) in [4.78, 5) is 54.7. The van der Waals surface area contributed by atoms with Gasteiger partial charge in [-0.15, -0.1) is 29.3 Å². The molecule has 0 saturated carbocycles. The summed E-state index contributed by atoms with van der Waals surface area (Å²) in [5.74, 6) is -2.04. The summed E-state index contributed by atoms with van der Waals surface area (Å²) >= 11 is 3.02. The Hall–Kier alpha value is -4.54. The Morgan fingerprint density at radius 3 is 1.46 bits per heavy atom. The Bertz CT molecular complexity index is 1750. The Morgan fingerprint density at radius 1 is 0.583 bits per heavy atom. The molecule has 4 aromatic rings. The van der Waals surface area contributed by atoms with Crippen molar-refractivity contribution in [3.05, 3.63) is 95.6 Å². The van der Waals surface area contributed by atoms with Crippen LogP contribution in [0.5, 0.6) is 0 Å². The van der Waals surface area contributed by atoms with E-state index >= 15 is 0 Å². The van der Waals surface area contributed by atoms with Crippen LogP contribution in [0.2, 0.25) is 0 Å². The van der Waals surface area contributed by atoms with E-state index in [1.807, 2.05) is 44.2 Å². The van der Waals surface area contributed by atoms with Crippen LogP contribution in [-0.4, -0.2) is 50.8 Å². The Labute approximate surface area is 289 Å². The second-order valence-corrected chi connectivity index (χ2v) is 13.1. The van der Waals surface area contributed by atoms with Crippen LogP contribution in [0.4, 0.5) is 0 Å². The van der Waals surface area contributed by atoms with Gasteiger partial charge in [0.2, 0.25) is 0 Å². The third kappa shape index (κ3) is 9.74. The lowest BCUT2D eigenvalue weighted by Gasteiger charge is -2.10. The zero-order valence-corrected chi connectivity index (χ0v) is 29.1. The minimum atomic E-state index is -0.548. The maximum absolute atomic E-state index is 13.0. The molecular weight excluding hydrogens is 649 g/mol. The first-order valence-electron chi connectivity index (χ1n) is 16.0. The number of rotatable bonds is 17. The Morgan fingerprint density at radius 2 is 1.02 bits per heavy atom. The molecule has 48 heavy (non-hydrogen) atoms. The van der Waals surface area contributed by atoms with Crippen LogP contribution in [0, 0.1) is 0 Å². The monoisotopic (exact) mass is 688 g/mol. The highest BCUT2D eigenvalue weighted by atomic mass is 32.1. The molecule has 0 spiro atoms. The first kappa shape index (κ1) is 36.3. The lowest BCUT2D eigenvalue weighted by Crippen LogP contribution is -2.11. The summed E-state index contributed by atoms with van der Waals surface area (Å²) in [5, 5.41) is 0. The van der Waals surface area contributed by atoms with Crippen molar-refractivity contribution >= 4 is 46.6 Å². The summed E-state index contributed by atoms with van der Waals surface area (Å²) in [6, 6.07) is 17.7. The third-order valence-electron chi connectivity index (χ3n) is 7.22. The number of ether oxygens (including phenoxy) is 4. The SMILES string of the molecule is C=CCCCCOC(=O)c1cc(C(=O)OCCCC)cc(-c2ccc(-c3ccc(-c4cc(C(=O)OC)cc(C(=O)OCCC)c4)s3)s2)c1. The summed E-state index contributed by atoms with van der Waals surface area (Å²) in [6.07, 6.45) is 6.60. The van der Waals surface area contributed by atoms with Crippen LogP contribution < -0.4 is 0 Å². The Kier molecular flexibility index (Phi) is 13.7. The molecule has 0 aliphatic heterocycles. The molecule has 2 aromatic heterocycles. The Balaban J connectivity index is 1.63. The van der Waals surface area contributed by atoms with Crippen LogP contribution in [-0.2, 0) is 18.9 Å². The second kappa shape index (κ2) is 18.1. The number of unbranched alkanes of at least 4 members (excludes halogenated alkanes) is 3. The third-order valence-corrected chi connectivity index (χ3v) is 9.69. The van der Waals surface area contributed by atoms with Gasteiger partial charge in [0.25, 0.3) is 0 Å². The number of methoxy groups -OCH3 is 1. The average molecular weight is 689 g/mol. The lowest BCUT2D eigenvalue weighted by atomic mass is 10.0. The van der Waals surface area contributed by atoms with Crippen LogP contribution >= 0.6 is 22.7 Å². The lowest BCUT2D eigenvalue weighted by molar-refractivity contribution is 0.0487. The van der Waals surface area contributed by atoms with E-state index in [0.717, 1.165) is 51.6 Å². The number of hydrogen-bond acceptors (Lipinski definition) is 10. The fraction of sp³-hybridized carbons (Fsp3) is 0.316. The number of carbonyl (C=O) groups is 4. The van der Waals surface area contributed by atoms with Crippen LogP contribution in [0.3, 0.4) is 0 Å². The van der Waals surface area contributed by atoms with E-state index in [1.165, 1.54) is 41.9 Å². The van der Waals surface area contributed by atoms with Gasteiger partial charge in [-0.25, -0.2) is 19.2 Å². The molecule has 8 nitrogen and oxygen atoms in total. The fourth-order valence-electron chi connectivity index (χ4n) is 4.69. The minimum Gasteiger partial charge on any atom is -0.465 e. The van der Waals surface area contributed by atoms with Crippen molar-refractivity contribution < 1.29 is 38.1 Å². The van der Waals surface area contributed by atoms with Crippen LogP contribution in [0.1, 0.15) is 93.8 Å². The van der Waals surface area contributed by atoms with Crippen LogP contribution in [0.25, 0.3) is 30.6 Å². The van der Waals surface area contributed by atoms with Gasteiger partial charge in [-0.05, 0) is 104 Å². The van der Waals surface area contributed by atoms with E-state index in [1.54, 1.807) is 24.3 Å². The van der Waals surface area contributed by atoms with Gasteiger partial charge in [-0.1, -0.05) is 26.3 Å². The summed E-state index contributed by atoms with van der Waals surface area (Å²) in [7, 11) is 1.30. The van der Waals surface area contributed by atoms with Crippen molar-refractivity contribution in [3.63, 3.8) is 0 Å². The molecular formula is C38H40O8S2. The van der Waals surface area contributed by atoms with Gasteiger partial charge < -0.3 is 18.9 Å². The van der Waals surface area contributed by atoms with E-state index in [4.69, 9.17) is 18.9 Å². The second-order valence-electron chi connectivity index (χ2n) is 11.0. The quantitative estimate of drug-likeness (QED) is 0.0467. The molecule has 4 rings (SSSR count). The normalized spacial score (nSPS) is 10.7. The van der Waals surface area contributed by atoms with Gasteiger partial charge in [-0.3, -0.25) is 0 Å². The van der Waals surface area contributed by atoms with Crippen molar-refractivity contribution in [2.45, 2.75) is 52.4 Å². The maximum Gasteiger partial charge on any atom is 0.338 e. The van der Waals surface area contributed by atoms with Gasteiger partial charge in [0.15, 0.2) is 0 Å². The van der Waals surface area contributed by atoms with Crippen molar-refractivity contribution in [2.75, 3.05) is 26.9 Å². The summed E-state index contributed by atoms with van der Waals surface area (Å²) in [5.41, 5.74) is 2.49. The van der Waals surface area contributed by atoms with Crippen LogP contribution in [0.15, 0.2) is 73.3 Å². The number of thiophene rings is 2. The number of carbonyl (C=O) groups excluding carboxylic acids is 4. The molecule has 0 aliphatic carbocycles. The standard InChI is InChI=1S/C38H40O8S2/c1-5-8-10-11-18-46-38(42)30-22-26(21-29(24-30)37(41)45-17-9-6-2)32-13-15-34(48-32)33-14-12-31(47-33)25-19-27(35(39)43-4)23-28(20-25)36(40)44-16-7-3/h5,12-15,19-24H,1,6-11,16-18H2,2-4H3. The van der Waals surface area contributed by atoms with Crippen molar-refractivity contribution in [1.29, 1.82) is 0 Å². The maximum atomic E-state index is 13.0. The zero-order valence-electron chi connectivity index (χ0n) is 27.5. The number of esters is 4. The minimum absolute atomic E-state index is 0.256. The van der Waals surface area contributed by atoms with Gasteiger partial charge in [0.05, 0.1) is 49.2 Å². The molecule has 252 valence electrons. The summed E-state index contributed by atoms with van der Waals surface area (Å²) in [6.45, 7) is 8.50. The number of hydrogen-bond donors (Lipinski definition) is 0. The molecule has 0 bridgehead atoms. The highest BCUT2D eigenvalue weighted by Crippen LogP contribution is 2.41. The first-order chi connectivity index (χ1) is 23.3. The zero-order chi connectivity index (χ0) is 34.5. The largest absolute Gasteiger partial charge is 0.465 e. The highest BCUT2D eigenvalue weighted by molar-refractivity contribution is 7.25. The van der Waals surface area contributed by atoms with E-state index in [9.17, 15) is 19.2 Å². The molecule has 0 atom stereocenters. The molecule has 0 amide bonds. The van der Waals surface area contributed by atoms with Crippen molar-refractivity contribution in [1.82, 2.24) is 0 Å². The van der Waals surface area contributed by atoms with Gasteiger partial charge in [0.1, 0.15) is 0 Å².